The molecule has 0 spiro atoms. The lowest BCUT2D eigenvalue weighted by Crippen LogP contribution is -2.37. The van der Waals surface area contributed by atoms with Crippen LogP contribution in [0.5, 0.6) is 5.75 Å². The van der Waals surface area contributed by atoms with Gasteiger partial charge in [-0.15, -0.1) is 0 Å². The van der Waals surface area contributed by atoms with Crippen molar-refractivity contribution in [3.05, 3.63) is 28.8 Å². The second-order valence-electron chi connectivity index (χ2n) is 4.73. The highest BCUT2D eigenvalue weighted by molar-refractivity contribution is 6.31. The standard InChI is InChI=1S/C15H20ClNO5/c1-10-8-11(5-6-12(10)16)22-7-3-4-14(18)17-9-13(21-2)15(19)20/h5-6,8,13H,3-4,7,9H2,1-2H3,(H,17,18)(H,19,20). The molecule has 1 aromatic carbocycles. The van der Waals surface area contributed by atoms with Crippen molar-refractivity contribution < 1.29 is 24.2 Å². The molecule has 2 N–H and O–H groups in total. The average Bonchev–Trinajstić information content (AvgIpc) is 2.47. The van der Waals surface area contributed by atoms with E-state index >= 15 is 0 Å². The van der Waals surface area contributed by atoms with E-state index in [-0.39, 0.29) is 18.9 Å². The number of hydrogen-bond acceptors (Lipinski definition) is 4. The van der Waals surface area contributed by atoms with Gasteiger partial charge in [0.25, 0.3) is 0 Å². The van der Waals surface area contributed by atoms with Crippen molar-refractivity contribution in [3.8, 4) is 5.75 Å². The predicted octanol–water partition coefficient (Wildman–Crippen LogP) is 2.02. The highest BCUT2D eigenvalue weighted by atomic mass is 35.5. The zero-order chi connectivity index (χ0) is 16.5. The van der Waals surface area contributed by atoms with E-state index in [1.54, 1.807) is 12.1 Å². The summed E-state index contributed by atoms with van der Waals surface area (Å²) in [5.41, 5.74) is 0.927. The summed E-state index contributed by atoms with van der Waals surface area (Å²) in [5.74, 6) is -0.643. The van der Waals surface area contributed by atoms with Crippen molar-refractivity contribution in [3.63, 3.8) is 0 Å². The Morgan fingerprint density at radius 1 is 1.41 bits per heavy atom. The molecule has 0 aliphatic carbocycles. The van der Waals surface area contributed by atoms with Crippen molar-refractivity contribution in [2.24, 2.45) is 0 Å². The molecule has 0 heterocycles. The van der Waals surface area contributed by atoms with Crippen LogP contribution in [-0.4, -0.2) is 43.3 Å². The third kappa shape index (κ3) is 6.32. The topological polar surface area (TPSA) is 84.9 Å². The van der Waals surface area contributed by atoms with Crippen molar-refractivity contribution in [2.45, 2.75) is 25.9 Å². The minimum absolute atomic E-state index is 0.0537. The molecule has 1 rings (SSSR count). The van der Waals surface area contributed by atoms with Crippen LogP contribution in [-0.2, 0) is 14.3 Å². The number of hydrogen-bond donors (Lipinski definition) is 2. The Hall–Kier alpha value is -1.79. The molecule has 0 aliphatic rings. The molecule has 0 saturated heterocycles. The summed E-state index contributed by atoms with van der Waals surface area (Å²) >= 11 is 5.92. The molecular formula is C15H20ClNO5. The van der Waals surface area contributed by atoms with Gasteiger partial charge in [-0.2, -0.15) is 0 Å². The van der Waals surface area contributed by atoms with Gasteiger partial charge in [0.05, 0.1) is 13.2 Å². The number of halogens is 1. The van der Waals surface area contributed by atoms with Gasteiger partial charge in [-0.1, -0.05) is 11.6 Å². The van der Waals surface area contributed by atoms with Crippen LogP contribution >= 0.6 is 11.6 Å². The largest absolute Gasteiger partial charge is 0.494 e. The molecule has 1 aromatic rings. The molecule has 1 amide bonds. The smallest absolute Gasteiger partial charge is 0.334 e. The van der Waals surface area contributed by atoms with Gasteiger partial charge in [0.1, 0.15) is 5.75 Å². The summed E-state index contributed by atoms with van der Waals surface area (Å²) in [4.78, 5) is 22.3. The number of carbonyl (C=O) groups excluding carboxylic acids is 1. The first kappa shape index (κ1) is 18.3. The van der Waals surface area contributed by atoms with E-state index in [0.717, 1.165) is 5.56 Å². The van der Waals surface area contributed by atoms with Gasteiger partial charge < -0.3 is 19.9 Å². The van der Waals surface area contributed by atoms with E-state index in [4.69, 9.17) is 26.2 Å². The van der Waals surface area contributed by atoms with Crippen LogP contribution in [0, 0.1) is 6.92 Å². The number of carbonyl (C=O) groups is 2. The number of benzene rings is 1. The first-order chi connectivity index (χ1) is 10.4. The zero-order valence-corrected chi connectivity index (χ0v) is 13.4. The SMILES string of the molecule is COC(CNC(=O)CCCOc1ccc(Cl)c(C)c1)C(=O)O. The van der Waals surface area contributed by atoms with Crippen LogP contribution in [0.2, 0.25) is 5.02 Å². The van der Waals surface area contributed by atoms with E-state index in [1.807, 2.05) is 13.0 Å². The Balaban J connectivity index is 2.22. The average molecular weight is 330 g/mol. The normalized spacial score (nSPS) is 11.8. The van der Waals surface area contributed by atoms with Crippen LogP contribution in [0.1, 0.15) is 18.4 Å². The van der Waals surface area contributed by atoms with Crippen molar-refractivity contribution in [2.75, 3.05) is 20.3 Å². The van der Waals surface area contributed by atoms with Crippen LogP contribution < -0.4 is 10.1 Å². The molecular weight excluding hydrogens is 310 g/mol. The van der Waals surface area contributed by atoms with Crippen LogP contribution in [0.3, 0.4) is 0 Å². The van der Waals surface area contributed by atoms with Gasteiger partial charge in [-0.3, -0.25) is 4.79 Å². The summed E-state index contributed by atoms with van der Waals surface area (Å²) in [6, 6.07) is 5.36. The number of carboxylic acid groups (broad SMARTS) is 1. The Labute approximate surface area is 134 Å². The number of aliphatic carboxylic acids is 1. The molecule has 6 nitrogen and oxygen atoms in total. The predicted molar refractivity (Wildman–Crippen MR) is 82.4 cm³/mol. The Morgan fingerprint density at radius 3 is 2.73 bits per heavy atom. The van der Waals surface area contributed by atoms with E-state index in [2.05, 4.69) is 5.32 Å². The Bertz CT molecular complexity index is 521. The minimum Gasteiger partial charge on any atom is -0.494 e. The van der Waals surface area contributed by atoms with Gasteiger partial charge in [-0.25, -0.2) is 4.79 Å². The molecule has 1 unspecified atom stereocenters. The Morgan fingerprint density at radius 2 is 2.14 bits per heavy atom. The summed E-state index contributed by atoms with van der Waals surface area (Å²) in [7, 11) is 1.28. The lowest BCUT2D eigenvalue weighted by molar-refractivity contribution is -0.148. The Kier molecular flexibility index (Phi) is 7.70. The van der Waals surface area contributed by atoms with E-state index < -0.39 is 12.1 Å². The molecule has 0 saturated carbocycles. The highest BCUT2D eigenvalue weighted by Gasteiger charge is 2.16. The highest BCUT2D eigenvalue weighted by Crippen LogP contribution is 2.21. The fraction of sp³-hybridized carbons (Fsp3) is 0.467. The number of amides is 1. The van der Waals surface area contributed by atoms with Crippen LogP contribution in [0.15, 0.2) is 18.2 Å². The van der Waals surface area contributed by atoms with E-state index in [0.29, 0.717) is 23.8 Å². The fourth-order valence-corrected chi connectivity index (χ4v) is 1.81. The molecule has 0 aromatic heterocycles. The van der Waals surface area contributed by atoms with E-state index in [9.17, 15) is 9.59 Å². The molecule has 122 valence electrons. The van der Waals surface area contributed by atoms with Gasteiger partial charge >= 0.3 is 5.97 Å². The molecule has 1 atom stereocenters. The molecule has 0 radical (unpaired) electrons. The van der Waals surface area contributed by atoms with Gasteiger partial charge in [0.15, 0.2) is 6.10 Å². The molecule has 7 heteroatoms. The quantitative estimate of drug-likeness (QED) is 0.677. The maximum atomic E-state index is 11.6. The number of aryl methyl sites for hydroxylation is 1. The summed E-state index contributed by atoms with van der Waals surface area (Å²) in [5, 5.41) is 12.0. The maximum absolute atomic E-state index is 11.6. The van der Waals surface area contributed by atoms with Crippen LogP contribution in [0.25, 0.3) is 0 Å². The molecule has 0 fully saturated rings. The number of rotatable bonds is 9. The summed E-state index contributed by atoms with van der Waals surface area (Å²) < 4.78 is 10.2. The lowest BCUT2D eigenvalue weighted by Gasteiger charge is -2.11. The fourth-order valence-electron chi connectivity index (χ4n) is 1.70. The summed E-state index contributed by atoms with van der Waals surface area (Å²) in [6.07, 6.45) is -0.252. The molecule has 0 bridgehead atoms. The third-order valence-corrected chi connectivity index (χ3v) is 3.41. The second kappa shape index (κ2) is 9.27. The van der Waals surface area contributed by atoms with Crippen LogP contribution in [0.4, 0.5) is 0 Å². The van der Waals surface area contributed by atoms with E-state index in [1.165, 1.54) is 7.11 Å². The summed E-state index contributed by atoms with van der Waals surface area (Å²) in [6.45, 7) is 2.22. The van der Waals surface area contributed by atoms with Crippen molar-refractivity contribution >= 4 is 23.5 Å². The number of nitrogens with one attached hydrogen (secondary N) is 1. The first-order valence-electron chi connectivity index (χ1n) is 6.85. The van der Waals surface area contributed by atoms with Crippen molar-refractivity contribution in [1.29, 1.82) is 0 Å². The monoisotopic (exact) mass is 329 g/mol. The van der Waals surface area contributed by atoms with Crippen molar-refractivity contribution in [1.82, 2.24) is 5.32 Å². The van der Waals surface area contributed by atoms with Gasteiger partial charge in [0.2, 0.25) is 5.91 Å². The molecule has 0 aliphatic heterocycles. The third-order valence-electron chi connectivity index (χ3n) is 2.99. The number of ether oxygens (including phenoxy) is 2. The zero-order valence-electron chi connectivity index (χ0n) is 12.6. The lowest BCUT2D eigenvalue weighted by atomic mass is 10.2. The number of methoxy groups -OCH3 is 1. The van der Waals surface area contributed by atoms with Gasteiger partial charge in [0, 0.05) is 18.6 Å². The van der Waals surface area contributed by atoms with Gasteiger partial charge in [-0.05, 0) is 37.1 Å². The minimum atomic E-state index is -1.11. The first-order valence-corrected chi connectivity index (χ1v) is 7.23. The number of carboxylic acids is 1. The maximum Gasteiger partial charge on any atom is 0.334 e. The second-order valence-corrected chi connectivity index (χ2v) is 5.14. The molecule has 22 heavy (non-hydrogen) atoms.